The smallest absolute Gasteiger partial charge is 0.269 e. The molecule has 0 aliphatic carbocycles. The number of aromatic nitrogens is 2. The van der Waals surface area contributed by atoms with E-state index in [9.17, 15) is 14.9 Å². The zero-order chi connectivity index (χ0) is 18.1. The molecule has 2 aromatic carbocycles. The number of benzene rings is 2. The van der Waals surface area contributed by atoms with Crippen molar-refractivity contribution in [3.8, 4) is 0 Å². The minimum Gasteiger partial charge on any atom is -0.322 e. The molecule has 0 saturated carbocycles. The Balaban J connectivity index is 1.56. The third-order valence-corrected chi connectivity index (χ3v) is 4.55. The van der Waals surface area contributed by atoms with Gasteiger partial charge in [0, 0.05) is 12.1 Å². The monoisotopic (exact) mass is 365 g/mol. The first-order valence-electron chi connectivity index (χ1n) is 7.57. The summed E-state index contributed by atoms with van der Waals surface area (Å²) in [5.74, 6) is 0.133. The van der Waals surface area contributed by atoms with Crippen LogP contribution in [0.3, 0.4) is 0 Å². The number of hydrogen-bond donors (Lipinski definition) is 2. The molecule has 1 fully saturated rings. The number of non-ortho nitro benzene ring substituents is 1. The highest BCUT2D eigenvalue weighted by atomic mass is 32.2. The number of nitrogens with zero attached hydrogens (tertiary/aromatic N) is 3. The number of thioether (sulfide) groups is 1. The lowest BCUT2D eigenvalue weighted by molar-refractivity contribution is -0.384. The van der Waals surface area contributed by atoms with E-state index in [2.05, 4.69) is 20.3 Å². The fraction of sp³-hybridized carbons (Fsp3) is 0. The largest absolute Gasteiger partial charge is 0.322 e. The number of rotatable bonds is 3. The number of amides is 1. The summed E-state index contributed by atoms with van der Waals surface area (Å²) in [4.78, 5) is 34.5. The second-order valence-electron chi connectivity index (χ2n) is 5.41. The first-order chi connectivity index (χ1) is 12.6. The summed E-state index contributed by atoms with van der Waals surface area (Å²) in [6.45, 7) is 0. The van der Waals surface area contributed by atoms with Crippen molar-refractivity contribution < 1.29 is 9.72 Å². The second-order valence-corrected chi connectivity index (χ2v) is 6.44. The van der Waals surface area contributed by atoms with Crippen LogP contribution in [-0.4, -0.2) is 26.0 Å². The van der Waals surface area contributed by atoms with Crippen LogP contribution in [0, 0.1) is 10.1 Å². The third-order valence-electron chi connectivity index (χ3n) is 3.64. The van der Waals surface area contributed by atoms with Gasteiger partial charge in [-0.2, -0.15) is 4.99 Å². The molecule has 1 aliphatic heterocycles. The molecular weight excluding hydrogens is 354 g/mol. The van der Waals surface area contributed by atoms with Crippen LogP contribution in [0.4, 0.5) is 11.6 Å². The van der Waals surface area contributed by atoms with Crippen LogP contribution in [0.25, 0.3) is 17.1 Å². The van der Waals surface area contributed by atoms with E-state index in [-0.39, 0.29) is 11.6 Å². The van der Waals surface area contributed by atoms with Gasteiger partial charge in [-0.3, -0.25) is 14.9 Å². The van der Waals surface area contributed by atoms with Gasteiger partial charge in [0.25, 0.3) is 11.6 Å². The minimum absolute atomic E-state index is 0.00261. The molecule has 8 nitrogen and oxygen atoms in total. The maximum Gasteiger partial charge on any atom is 0.269 e. The van der Waals surface area contributed by atoms with Crippen molar-refractivity contribution in [2.24, 2.45) is 4.99 Å². The Labute approximate surface area is 151 Å². The Morgan fingerprint density at radius 1 is 1.15 bits per heavy atom. The van der Waals surface area contributed by atoms with Gasteiger partial charge in [0.15, 0.2) is 5.17 Å². The average Bonchev–Trinajstić information content (AvgIpc) is 3.18. The number of aliphatic imine (C=N–C) groups is 1. The quantitative estimate of drug-likeness (QED) is 0.420. The Kier molecular flexibility index (Phi) is 3.98. The second kappa shape index (κ2) is 6.45. The van der Waals surface area contributed by atoms with Gasteiger partial charge in [-0.05, 0) is 47.7 Å². The maximum absolute atomic E-state index is 12.1. The highest BCUT2D eigenvalue weighted by Crippen LogP contribution is 2.28. The highest BCUT2D eigenvalue weighted by molar-refractivity contribution is 8.18. The Bertz CT molecular complexity index is 1050. The first-order valence-corrected chi connectivity index (χ1v) is 8.39. The number of hydrogen-bond acceptors (Lipinski definition) is 6. The van der Waals surface area contributed by atoms with Gasteiger partial charge < -0.3 is 10.3 Å². The van der Waals surface area contributed by atoms with Gasteiger partial charge in [0.2, 0.25) is 5.95 Å². The molecule has 3 aromatic rings. The van der Waals surface area contributed by atoms with Gasteiger partial charge in [0.05, 0.1) is 20.9 Å². The van der Waals surface area contributed by atoms with Crippen LogP contribution in [0.1, 0.15) is 5.56 Å². The molecule has 0 atom stereocenters. The molecule has 2 N–H and O–H groups in total. The molecule has 0 radical (unpaired) electrons. The topological polar surface area (TPSA) is 113 Å². The van der Waals surface area contributed by atoms with Crippen molar-refractivity contribution in [2.45, 2.75) is 0 Å². The molecule has 2 heterocycles. The fourth-order valence-corrected chi connectivity index (χ4v) is 3.24. The number of amidine groups is 1. The van der Waals surface area contributed by atoms with E-state index in [1.54, 1.807) is 18.2 Å². The van der Waals surface area contributed by atoms with Crippen LogP contribution in [0.5, 0.6) is 0 Å². The van der Waals surface area contributed by atoms with E-state index >= 15 is 0 Å². The summed E-state index contributed by atoms with van der Waals surface area (Å²) in [7, 11) is 0. The zero-order valence-corrected chi connectivity index (χ0v) is 14.0. The molecule has 26 heavy (non-hydrogen) atoms. The van der Waals surface area contributed by atoms with Crippen LogP contribution in [0.2, 0.25) is 0 Å². The van der Waals surface area contributed by atoms with Crippen LogP contribution in [0.15, 0.2) is 58.4 Å². The summed E-state index contributed by atoms with van der Waals surface area (Å²) in [5.41, 5.74) is 2.35. The Morgan fingerprint density at radius 3 is 2.65 bits per heavy atom. The minimum atomic E-state index is -0.466. The molecule has 0 spiro atoms. The van der Waals surface area contributed by atoms with Crippen molar-refractivity contribution in [1.29, 1.82) is 0 Å². The normalized spacial score (nSPS) is 17.2. The lowest BCUT2D eigenvalue weighted by Crippen LogP contribution is -2.19. The number of nitrogens with one attached hydrogen (secondary N) is 2. The molecule has 1 saturated heterocycles. The molecule has 1 aliphatic rings. The standard InChI is InChI=1S/C17H11N5O3S/c23-15-14(9-10-5-7-11(8-6-10)22(24)25)26-17(20-15)21-16-18-12-3-1-2-4-13(12)19-16/h1-9H,(H2,18,19,20,21,23)/b14-9+. The molecule has 0 unspecified atom stereocenters. The molecule has 0 bridgehead atoms. The number of nitro benzene ring substituents is 1. The van der Waals surface area contributed by atoms with E-state index in [4.69, 9.17) is 0 Å². The van der Waals surface area contributed by atoms with Gasteiger partial charge in [0.1, 0.15) is 0 Å². The van der Waals surface area contributed by atoms with Crippen LogP contribution in [-0.2, 0) is 4.79 Å². The number of aromatic amines is 1. The third kappa shape index (κ3) is 3.20. The SMILES string of the molecule is O=C1N/C(=N\c2nc3ccccc3[nH]2)S/C1=C/c1ccc([N+](=O)[O-])cc1. The first kappa shape index (κ1) is 16.0. The van der Waals surface area contributed by atoms with Gasteiger partial charge in [-0.1, -0.05) is 12.1 Å². The summed E-state index contributed by atoms with van der Waals surface area (Å²) in [5, 5.41) is 13.8. The van der Waals surface area contributed by atoms with Gasteiger partial charge >= 0.3 is 0 Å². The van der Waals surface area contributed by atoms with Crippen molar-refractivity contribution in [2.75, 3.05) is 0 Å². The predicted octanol–water partition coefficient (Wildman–Crippen LogP) is 3.36. The van der Waals surface area contributed by atoms with E-state index in [0.29, 0.717) is 21.6 Å². The molecule has 128 valence electrons. The number of carbonyl (C=O) groups is 1. The predicted molar refractivity (Wildman–Crippen MR) is 100.0 cm³/mol. The summed E-state index contributed by atoms with van der Waals surface area (Å²) in [6, 6.07) is 13.5. The fourth-order valence-electron chi connectivity index (χ4n) is 2.41. The number of nitro groups is 1. The number of fused-ring (bicyclic) bond motifs is 1. The summed E-state index contributed by atoms with van der Waals surface area (Å²) >= 11 is 1.19. The van der Waals surface area contributed by atoms with Gasteiger partial charge in [-0.25, -0.2) is 4.98 Å². The van der Waals surface area contributed by atoms with E-state index in [1.165, 1.54) is 23.9 Å². The number of para-hydroxylation sites is 2. The Morgan fingerprint density at radius 2 is 1.92 bits per heavy atom. The Hall–Kier alpha value is -3.46. The molecule has 4 rings (SSSR count). The lowest BCUT2D eigenvalue weighted by Gasteiger charge is -1.95. The summed E-state index contributed by atoms with van der Waals surface area (Å²) < 4.78 is 0. The van der Waals surface area contributed by atoms with E-state index < -0.39 is 4.92 Å². The average molecular weight is 365 g/mol. The van der Waals surface area contributed by atoms with Crippen molar-refractivity contribution in [3.63, 3.8) is 0 Å². The maximum atomic E-state index is 12.1. The van der Waals surface area contributed by atoms with Crippen molar-refractivity contribution >= 4 is 51.6 Å². The molecule has 1 aromatic heterocycles. The van der Waals surface area contributed by atoms with Crippen LogP contribution >= 0.6 is 11.8 Å². The molecule has 1 amide bonds. The zero-order valence-electron chi connectivity index (χ0n) is 13.2. The van der Waals surface area contributed by atoms with E-state index in [1.807, 2.05) is 24.3 Å². The number of imidazole rings is 1. The molecule has 9 heteroatoms. The summed E-state index contributed by atoms with van der Waals surface area (Å²) in [6.07, 6.45) is 1.66. The van der Waals surface area contributed by atoms with E-state index in [0.717, 1.165) is 11.0 Å². The van der Waals surface area contributed by atoms with Crippen LogP contribution < -0.4 is 5.32 Å². The highest BCUT2D eigenvalue weighted by Gasteiger charge is 2.24. The number of H-pyrrole nitrogens is 1. The van der Waals surface area contributed by atoms with Crippen molar-refractivity contribution in [1.82, 2.24) is 15.3 Å². The van der Waals surface area contributed by atoms with Crippen molar-refractivity contribution in [3.05, 3.63) is 69.1 Å². The lowest BCUT2D eigenvalue weighted by atomic mass is 10.2. The molecular formula is C17H11N5O3S. The number of carbonyl (C=O) groups excluding carboxylic acids is 1. The van der Waals surface area contributed by atoms with Gasteiger partial charge in [-0.15, -0.1) is 0 Å².